The van der Waals surface area contributed by atoms with E-state index in [1.54, 1.807) is 16.7 Å². The summed E-state index contributed by atoms with van der Waals surface area (Å²) in [5.41, 5.74) is 2.40. The van der Waals surface area contributed by atoms with Crippen molar-refractivity contribution in [3.8, 4) is 5.75 Å². The van der Waals surface area contributed by atoms with Crippen molar-refractivity contribution in [2.45, 2.75) is 24.5 Å². The molecule has 31 heavy (non-hydrogen) atoms. The molecule has 4 rings (SSSR count). The smallest absolute Gasteiger partial charge is 0.262 e. The summed E-state index contributed by atoms with van der Waals surface area (Å²) in [7, 11) is 0. The summed E-state index contributed by atoms with van der Waals surface area (Å²) in [4.78, 5) is 31.9. The summed E-state index contributed by atoms with van der Waals surface area (Å²) in [6, 6.07) is 16.7. The van der Waals surface area contributed by atoms with Crippen LogP contribution in [0.4, 0.5) is 5.69 Å². The van der Waals surface area contributed by atoms with Crippen molar-refractivity contribution < 1.29 is 9.53 Å². The van der Waals surface area contributed by atoms with Crippen LogP contribution >= 0.6 is 23.1 Å². The minimum Gasteiger partial charge on any atom is -0.484 e. The number of aryl methyl sites for hydroxylation is 2. The first-order valence-corrected chi connectivity index (χ1v) is 11.5. The number of benzene rings is 2. The highest BCUT2D eigenvalue weighted by molar-refractivity contribution is 7.98. The van der Waals surface area contributed by atoms with Gasteiger partial charge in [-0.3, -0.25) is 14.0 Å². The van der Waals surface area contributed by atoms with Crippen molar-refractivity contribution in [1.29, 1.82) is 0 Å². The highest BCUT2D eigenvalue weighted by Gasteiger charge is 2.10. The van der Waals surface area contributed by atoms with Gasteiger partial charge in [0.05, 0.1) is 11.4 Å². The minimum absolute atomic E-state index is 0.0742. The van der Waals surface area contributed by atoms with E-state index >= 15 is 0 Å². The van der Waals surface area contributed by atoms with Crippen LogP contribution in [0.1, 0.15) is 16.1 Å². The molecule has 0 aliphatic carbocycles. The Morgan fingerprint density at radius 3 is 2.84 bits per heavy atom. The normalized spacial score (nSPS) is 10.9. The number of anilines is 1. The number of nitrogens with one attached hydrogen (secondary N) is 1. The van der Waals surface area contributed by atoms with Gasteiger partial charge >= 0.3 is 0 Å². The number of para-hydroxylation sites is 1. The average molecular weight is 452 g/mol. The number of thiazole rings is 1. The van der Waals surface area contributed by atoms with E-state index in [2.05, 4.69) is 10.3 Å². The Labute approximate surface area is 187 Å². The van der Waals surface area contributed by atoms with E-state index in [4.69, 9.17) is 4.74 Å². The van der Waals surface area contributed by atoms with Crippen molar-refractivity contribution in [3.05, 3.63) is 87.3 Å². The number of fused-ring (bicyclic) bond motifs is 1. The van der Waals surface area contributed by atoms with E-state index in [0.29, 0.717) is 27.8 Å². The molecule has 4 aromatic rings. The summed E-state index contributed by atoms with van der Waals surface area (Å²) in [5.74, 6) is 0.950. The van der Waals surface area contributed by atoms with Crippen molar-refractivity contribution in [3.63, 3.8) is 0 Å². The Kier molecular flexibility index (Phi) is 6.39. The van der Waals surface area contributed by atoms with E-state index in [9.17, 15) is 9.59 Å². The van der Waals surface area contributed by atoms with Gasteiger partial charge in [0.15, 0.2) is 11.6 Å². The molecule has 158 valence electrons. The lowest BCUT2D eigenvalue weighted by atomic mass is 10.2. The Morgan fingerprint density at radius 1 is 1.16 bits per heavy atom. The van der Waals surface area contributed by atoms with Gasteiger partial charge < -0.3 is 10.1 Å². The number of thioether (sulfide) groups is 1. The molecule has 0 radical (unpaired) electrons. The molecule has 0 aliphatic heterocycles. The van der Waals surface area contributed by atoms with Crippen molar-refractivity contribution in [1.82, 2.24) is 9.38 Å². The first-order chi connectivity index (χ1) is 15.0. The number of nitrogens with zero attached hydrogens (tertiary/aromatic N) is 2. The zero-order valence-corrected chi connectivity index (χ0v) is 18.8. The zero-order valence-electron chi connectivity index (χ0n) is 17.1. The maximum atomic E-state index is 12.4. The molecule has 1 N–H and O–H groups in total. The van der Waals surface area contributed by atoms with Crippen LogP contribution in [-0.4, -0.2) is 21.9 Å². The van der Waals surface area contributed by atoms with Gasteiger partial charge in [-0.05, 0) is 43.7 Å². The largest absolute Gasteiger partial charge is 0.484 e. The molecule has 0 atom stereocenters. The first-order valence-electron chi connectivity index (χ1n) is 9.68. The second kappa shape index (κ2) is 9.36. The molecule has 0 bridgehead atoms. The Balaban J connectivity index is 1.41. The molecule has 0 aliphatic rings. The lowest BCUT2D eigenvalue weighted by Gasteiger charge is -2.11. The highest BCUT2D eigenvalue weighted by atomic mass is 32.2. The predicted octanol–water partition coefficient (Wildman–Crippen LogP) is 4.68. The average Bonchev–Trinajstić information content (AvgIpc) is 3.12. The standard InChI is InChI=1S/C23H21N3O3S2/c1-15-6-5-7-18(10-15)29-13-21(27)25-19-8-3-4-9-20(19)30-14-17-11-22(28)26-12-16(2)31-23(26)24-17/h3-12H,13-14H2,1-2H3,(H,25,27). The fraction of sp³-hybridized carbons (Fsp3) is 0.174. The lowest BCUT2D eigenvalue weighted by molar-refractivity contribution is -0.118. The van der Waals surface area contributed by atoms with E-state index in [1.807, 2.05) is 62.4 Å². The van der Waals surface area contributed by atoms with Gasteiger partial charge in [-0.2, -0.15) is 0 Å². The predicted molar refractivity (Wildman–Crippen MR) is 125 cm³/mol. The second-order valence-corrected chi connectivity index (χ2v) is 9.25. The van der Waals surface area contributed by atoms with Gasteiger partial charge in [-0.15, -0.1) is 23.1 Å². The van der Waals surface area contributed by atoms with Crippen LogP contribution in [-0.2, 0) is 10.5 Å². The van der Waals surface area contributed by atoms with E-state index in [0.717, 1.165) is 15.3 Å². The molecule has 0 spiro atoms. The van der Waals surface area contributed by atoms with E-state index < -0.39 is 0 Å². The number of rotatable bonds is 7. The third-order valence-corrected chi connectivity index (χ3v) is 6.44. The number of hydrogen-bond acceptors (Lipinski definition) is 6. The molecule has 0 saturated carbocycles. The van der Waals surface area contributed by atoms with Gasteiger partial charge in [-0.25, -0.2) is 4.98 Å². The lowest BCUT2D eigenvalue weighted by Crippen LogP contribution is -2.20. The minimum atomic E-state index is -0.235. The Hall–Kier alpha value is -3.10. The molecule has 2 heterocycles. The van der Waals surface area contributed by atoms with E-state index in [1.165, 1.54) is 23.1 Å². The zero-order chi connectivity index (χ0) is 21.8. The van der Waals surface area contributed by atoms with Crippen molar-refractivity contribution >= 4 is 39.7 Å². The fourth-order valence-corrected chi connectivity index (χ4v) is 4.77. The maximum Gasteiger partial charge on any atom is 0.262 e. The highest BCUT2D eigenvalue weighted by Crippen LogP contribution is 2.29. The van der Waals surface area contributed by atoms with Gasteiger partial charge in [0.25, 0.3) is 11.5 Å². The number of aromatic nitrogens is 2. The molecule has 1 amide bonds. The summed E-state index contributed by atoms with van der Waals surface area (Å²) in [6.45, 7) is 3.85. The van der Waals surface area contributed by atoms with Crippen LogP contribution in [0.3, 0.4) is 0 Å². The second-order valence-electron chi connectivity index (χ2n) is 7.02. The SMILES string of the molecule is Cc1cccc(OCC(=O)Nc2ccccc2SCc2cc(=O)n3cc(C)sc3n2)c1. The summed E-state index contributed by atoms with van der Waals surface area (Å²) in [6.07, 6.45) is 1.80. The first kappa shape index (κ1) is 21.1. The molecule has 0 fully saturated rings. The number of amides is 1. The number of carbonyl (C=O) groups is 1. The van der Waals surface area contributed by atoms with Crippen molar-refractivity contribution in [2.75, 3.05) is 11.9 Å². The topological polar surface area (TPSA) is 72.7 Å². The summed E-state index contributed by atoms with van der Waals surface area (Å²) < 4.78 is 7.15. The van der Waals surface area contributed by atoms with Crippen LogP contribution in [0, 0.1) is 13.8 Å². The number of hydrogen-bond donors (Lipinski definition) is 1. The van der Waals surface area contributed by atoms with Crippen molar-refractivity contribution in [2.24, 2.45) is 0 Å². The monoisotopic (exact) mass is 451 g/mol. The third-order valence-electron chi connectivity index (χ3n) is 4.43. The van der Waals surface area contributed by atoms with Crippen LogP contribution in [0.5, 0.6) is 5.75 Å². The van der Waals surface area contributed by atoms with Gasteiger partial charge in [0.2, 0.25) is 0 Å². The molecule has 8 heteroatoms. The molecule has 0 saturated heterocycles. The summed E-state index contributed by atoms with van der Waals surface area (Å²) in [5, 5.41) is 2.91. The van der Waals surface area contributed by atoms with Crippen LogP contribution in [0.15, 0.2) is 70.5 Å². The van der Waals surface area contributed by atoms with E-state index in [-0.39, 0.29) is 18.1 Å². The van der Waals surface area contributed by atoms with Crippen LogP contribution in [0.2, 0.25) is 0 Å². The third kappa shape index (κ3) is 5.34. The van der Waals surface area contributed by atoms with Gasteiger partial charge in [-0.1, -0.05) is 24.3 Å². The maximum absolute atomic E-state index is 12.4. The van der Waals surface area contributed by atoms with Crippen LogP contribution in [0.25, 0.3) is 4.96 Å². The summed E-state index contributed by atoms with van der Waals surface area (Å²) >= 11 is 3.01. The molecule has 2 aromatic carbocycles. The Bertz CT molecular complexity index is 1300. The van der Waals surface area contributed by atoms with Gasteiger partial charge in [0, 0.05) is 27.8 Å². The molecular formula is C23H21N3O3S2. The molecule has 2 aromatic heterocycles. The van der Waals surface area contributed by atoms with Crippen LogP contribution < -0.4 is 15.6 Å². The molecule has 6 nitrogen and oxygen atoms in total. The molecule has 0 unspecified atom stereocenters. The quantitative estimate of drug-likeness (QED) is 0.413. The number of carbonyl (C=O) groups excluding carboxylic acids is 1. The Morgan fingerprint density at radius 2 is 2.00 bits per heavy atom. The van der Waals surface area contributed by atoms with Gasteiger partial charge in [0.1, 0.15) is 5.75 Å². The molecular weight excluding hydrogens is 430 g/mol. The fourth-order valence-electron chi connectivity index (χ4n) is 3.02. The number of ether oxygens (including phenoxy) is 1.